The van der Waals surface area contributed by atoms with Crippen LogP contribution in [0.3, 0.4) is 0 Å². The third kappa shape index (κ3) is 3.81. The number of sulfonamides is 1. The Hall–Kier alpha value is -1.38. The monoisotopic (exact) mass is 292 g/mol. The Morgan fingerprint density at radius 1 is 1.25 bits per heavy atom. The van der Waals surface area contributed by atoms with Crippen molar-refractivity contribution < 1.29 is 8.42 Å². The molecule has 108 valence electrons. The van der Waals surface area contributed by atoms with E-state index in [1.54, 1.807) is 24.3 Å². The molecule has 1 N–H and O–H groups in total. The van der Waals surface area contributed by atoms with Crippen LogP contribution in [0.1, 0.15) is 50.2 Å². The number of nitrogens with zero attached hydrogens (tertiary/aromatic N) is 1. The molecular formula is C15H20N2O2S. The van der Waals surface area contributed by atoms with E-state index in [2.05, 4.69) is 4.72 Å². The van der Waals surface area contributed by atoms with E-state index in [1.165, 1.54) is 6.42 Å². The molecular weight excluding hydrogens is 272 g/mol. The number of hydrogen-bond donors (Lipinski definition) is 1. The first kappa shape index (κ1) is 15.0. The maximum absolute atomic E-state index is 12.3. The van der Waals surface area contributed by atoms with Crippen LogP contribution < -0.4 is 4.72 Å². The summed E-state index contributed by atoms with van der Waals surface area (Å²) in [5.74, 6) is -0.133. The minimum atomic E-state index is -3.43. The van der Waals surface area contributed by atoms with Gasteiger partial charge in [0.1, 0.15) is 0 Å². The van der Waals surface area contributed by atoms with Crippen molar-refractivity contribution in [3.8, 4) is 6.07 Å². The number of rotatable bonds is 4. The Morgan fingerprint density at radius 2 is 1.90 bits per heavy atom. The normalized spacial score (nSPS) is 18.4. The van der Waals surface area contributed by atoms with Gasteiger partial charge in [-0.2, -0.15) is 5.26 Å². The smallest absolute Gasteiger partial charge is 0.212 e. The summed E-state index contributed by atoms with van der Waals surface area (Å²) < 4.78 is 27.5. The molecule has 1 aromatic carbocycles. The predicted molar refractivity (Wildman–Crippen MR) is 78.4 cm³/mol. The first-order valence-electron chi connectivity index (χ1n) is 6.94. The molecule has 0 bridgehead atoms. The topological polar surface area (TPSA) is 70.0 Å². The van der Waals surface area contributed by atoms with Gasteiger partial charge in [0, 0.05) is 5.54 Å². The fourth-order valence-electron chi connectivity index (χ4n) is 2.81. The van der Waals surface area contributed by atoms with Gasteiger partial charge in [-0.05, 0) is 31.4 Å². The van der Waals surface area contributed by atoms with Crippen molar-refractivity contribution in [1.29, 1.82) is 5.26 Å². The Bertz CT molecular complexity index is 611. The van der Waals surface area contributed by atoms with Crippen LogP contribution in [0, 0.1) is 11.3 Å². The zero-order valence-electron chi connectivity index (χ0n) is 11.7. The van der Waals surface area contributed by atoms with E-state index in [0.29, 0.717) is 11.1 Å². The van der Waals surface area contributed by atoms with Crippen LogP contribution in [0.4, 0.5) is 0 Å². The minimum absolute atomic E-state index is 0.133. The maximum Gasteiger partial charge on any atom is 0.216 e. The molecule has 0 saturated heterocycles. The van der Waals surface area contributed by atoms with Gasteiger partial charge in [-0.3, -0.25) is 0 Å². The SMILES string of the molecule is CC1(NS(=O)(=O)Cc2ccccc2C#N)CCCCC1. The molecule has 1 aliphatic rings. The third-order valence-electron chi connectivity index (χ3n) is 3.84. The highest BCUT2D eigenvalue weighted by molar-refractivity contribution is 7.88. The van der Waals surface area contributed by atoms with E-state index in [-0.39, 0.29) is 11.3 Å². The number of nitrogens with one attached hydrogen (secondary N) is 1. The molecule has 0 aromatic heterocycles. The summed E-state index contributed by atoms with van der Waals surface area (Å²) in [5, 5.41) is 9.02. The highest BCUT2D eigenvalue weighted by Gasteiger charge is 2.31. The Kier molecular flexibility index (Phi) is 4.46. The number of hydrogen-bond acceptors (Lipinski definition) is 3. The second kappa shape index (κ2) is 5.94. The van der Waals surface area contributed by atoms with Gasteiger partial charge in [-0.1, -0.05) is 37.5 Å². The van der Waals surface area contributed by atoms with Gasteiger partial charge >= 0.3 is 0 Å². The van der Waals surface area contributed by atoms with Crippen molar-refractivity contribution in [1.82, 2.24) is 4.72 Å². The molecule has 0 radical (unpaired) electrons. The lowest BCUT2D eigenvalue weighted by Crippen LogP contribution is -2.47. The highest BCUT2D eigenvalue weighted by atomic mass is 32.2. The van der Waals surface area contributed by atoms with Crippen LogP contribution in [-0.2, 0) is 15.8 Å². The lowest BCUT2D eigenvalue weighted by Gasteiger charge is -2.34. The molecule has 0 aliphatic heterocycles. The van der Waals surface area contributed by atoms with Crippen molar-refractivity contribution in [2.24, 2.45) is 0 Å². The molecule has 1 aromatic rings. The second-order valence-corrected chi connectivity index (χ2v) is 7.47. The van der Waals surface area contributed by atoms with Crippen molar-refractivity contribution >= 4 is 10.0 Å². The summed E-state index contributed by atoms with van der Waals surface area (Å²) in [6, 6.07) is 8.88. The van der Waals surface area contributed by atoms with Crippen LogP contribution in [-0.4, -0.2) is 14.0 Å². The molecule has 1 aliphatic carbocycles. The molecule has 4 nitrogen and oxygen atoms in total. The first-order chi connectivity index (χ1) is 9.44. The van der Waals surface area contributed by atoms with Crippen LogP contribution in [0.5, 0.6) is 0 Å². The quantitative estimate of drug-likeness (QED) is 0.927. The summed E-state index contributed by atoms with van der Waals surface area (Å²) >= 11 is 0. The molecule has 1 fully saturated rings. The molecule has 0 heterocycles. The molecule has 0 atom stereocenters. The van der Waals surface area contributed by atoms with Gasteiger partial charge in [0.05, 0.1) is 17.4 Å². The van der Waals surface area contributed by atoms with Crippen LogP contribution in [0.25, 0.3) is 0 Å². The highest BCUT2D eigenvalue weighted by Crippen LogP contribution is 2.28. The van der Waals surface area contributed by atoms with Crippen molar-refractivity contribution in [2.75, 3.05) is 0 Å². The third-order valence-corrected chi connectivity index (χ3v) is 5.34. The Balaban J connectivity index is 2.13. The second-order valence-electron chi connectivity index (χ2n) is 5.75. The summed E-state index contributed by atoms with van der Waals surface area (Å²) in [6.07, 6.45) is 5.06. The van der Waals surface area contributed by atoms with Crippen molar-refractivity contribution in [3.05, 3.63) is 35.4 Å². The lowest BCUT2D eigenvalue weighted by molar-refractivity contribution is 0.294. The molecule has 0 unspecified atom stereocenters. The van der Waals surface area contributed by atoms with Crippen LogP contribution >= 0.6 is 0 Å². The van der Waals surface area contributed by atoms with E-state index in [1.807, 2.05) is 13.0 Å². The summed E-state index contributed by atoms with van der Waals surface area (Å²) in [7, 11) is -3.43. The van der Waals surface area contributed by atoms with Gasteiger partial charge in [0.15, 0.2) is 0 Å². The Morgan fingerprint density at radius 3 is 2.55 bits per heavy atom. The van der Waals surface area contributed by atoms with Gasteiger partial charge in [0.25, 0.3) is 0 Å². The van der Waals surface area contributed by atoms with Crippen LogP contribution in [0.2, 0.25) is 0 Å². The average Bonchev–Trinajstić information content (AvgIpc) is 2.38. The first-order valence-corrected chi connectivity index (χ1v) is 8.59. The van der Waals surface area contributed by atoms with Gasteiger partial charge in [-0.15, -0.1) is 0 Å². The predicted octanol–water partition coefficient (Wildman–Crippen LogP) is 2.70. The maximum atomic E-state index is 12.3. The minimum Gasteiger partial charge on any atom is -0.212 e. The van der Waals surface area contributed by atoms with E-state index in [9.17, 15) is 8.42 Å². The van der Waals surface area contributed by atoms with Crippen LogP contribution in [0.15, 0.2) is 24.3 Å². The molecule has 5 heteroatoms. The summed E-state index contributed by atoms with van der Waals surface area (Å²) in [5.41, 5.74) is 0.646. The molecule has 0 spiro atoms. The average molecular weight is 292 g/mol. The fourth-order valence-corrected chi connectivity index (χ4v) is 4.49. The van der Waals surface area contributed by atoms with Crippen molar-refractivity contribution in [2.45, 2.75) is 50.3 Å². The van der Waals surface area contributed by atoms with Gasteiger partial charge in [0.2, 0.25) is 10.0 Å². The lowest BCUT2D eigenvalue weighted by atomic mass is 9.84. The van der Waals surface area contributed by atoms with Gasteiger partial charge in [-0.25, -0.2) is 13.1 Å². The standard InChI is InChI=1S/C15H20N2O2S/c1-15(9-5-2-6-10-15)17-20(18,19)12-14-8-4-3-7-13(14)11-16/h3-4,7-8,17H,2,5-6,9-10,12H2,1H3. The van der Waals surface area contributed by atoms with E-state index >= 15 is 0 Å². The fraction of sp³-hybridized carbons (Fsp3) is 0.533. The van der Waals surface area contributed by atoms with E-state index in [4.69, 9.17) is 5.26 Å². The summed E-state index contributed by atoms with van der Waals surface area (Å²) in [6.45, 7) is 1.97. The van der Waals surface area contributed by atoms with E-state index < -0.39 is 10.0 Å². The summed E-state index contributed by atoms with van der Waals surface area (Å²) in [4.78, 5) is 0. The molecule has 1 saturated carbocycles. The molecule has 0 amide bonds. The number of benzene rings is 1. The Labute approximate surface area is 120 Å². The molecule has 2 rings (SSSR count). The van der Waals surface area contributed by atoms with Crippen molar-refractivity contribution in [3.63, 3.8) is 0 Å². The van der Waals surface area contributed by atoms with E-state index in [0.717, 1.165) is 25.7 Å². The van der Waals surface area contributed by atoms with Gasteiger partial charge < -0.3 is 0 Å². The zero-order valence-corrected chi connectivity index (χ0v) is 12.5. The largest absolute Gasteiger partial charge is 0.216 e. The molecule has 20 heavy (non-hydrogen) atoms. The zero-order chi connectivity index (χ0) is 14.6. The number of nitriles is 1.